The monoisotopic (exact) mass is 237 g/mol. The summed E-state index contributed by atoms with van der Waals surface area (Å²) in [6.45, 7) is 0. The van der Waals surface area contributed by atoms with Crippen molar-refractivity contribution in [3.05, 3.63) is 40.3 Å². The lowest BCUT2D eigenvalue weighted by molar-refractivity contribution is 0.629. The number of nitrogens with two attached hydrogens (primary N) is 2. The molecule has 3 nitrogen and oxygen atoms in total. The molecule has 0 spiro atoms. The van der Waals surface area contributed by atoms with E-state index < -0.39 is 5.82 Å². The van der Waals surface area contributed by atoms with Crippen LogP contribution in [0.5, 0.6) is 0 Å². The third kappa shape index (κ3) is 2.53. The topological polar surface area (TPSA) is 75.9 Å². The van der Waals surface area contributed by atoms with E-state index >= 15 is 0 Å². The summed E-state index contributed by atoms with van der Waals surface area (Å²) in [6.07, 6.45) is 2.11. The van der Waals surface area contributed by atoms with Crippen LogP contribution in [0.3, 0.4) is 0 Å². The number of hydrogen-bond donors (Lipinski definition) is 3. The van der Waals surface area contributed by atoms with Crippen LogP contribution in [0.15, 0.2) is 23.9 Å². The van der Waals surface area contributed by atoms with E-state index in [2.05, 4.69) is 11.8 Å². The Hall–Kier alpha value is -1.99. The highest BCUT2D eigenvalue weighted by atomic mass is 35.5. The van der Waals surface area contributed by atoms with Gasteiger partial charge in [0.15, 0.2) is 5.82 Å². The zero-order valence-electron chi connectivity index (χ0n) is 8.22. The molecule has 1 aromatic rings. The molecule has 1 aromatic carbocycles. The van der Waals surface area contributed by atoms with E-state index in [0.717, 1.165) is 12.4 Å². The molecule has 5 heteroatoms. The summed E-state index contributed by atoms with van der Waals surface area (Å²) < 4.78 is 13.5. The fourth-order valence-corrected chi connectivity index (χ4v) is 1.14. The van der Waals surface area contributed by atoms with E-state index in [9.17, 15) is 4.39 Å². The highest BCUT2D eigenvalue weighted by Crippen LogP contribution is 2.22. The molecule has 0 unspecified atom stereocenters. The molecule has 0 aliphatic carbocycles. The van der Waals surface area contributed by atoms with Crippen molar-refractivity contribution in [2.45, 2.75) is 0 Å². The normalized spacial score (nSPS) is 10.5. The molecule has 0 heterocycles. The van der Waals surface area contributed by atoms with E-state index in [1.807, 2.05) is 0 Å². The van der Waals surface area contributed by atoms with Gasteiger partial charge >= 0.3 is 0 Å². The van der Waals surface area contributed by atoms with E-state index in [-0.39, 0.29) is 21.8 Å². The molecule has 0 bridgehead atoms. The standard InChI is InChI=1S/C11H9ClFN3/c12-9-3-4-10(16)11(13)8(9)2-1-7(5-14)6-15/h3-6,14H,15-16H2. The third-order valence-corrected chi connectivity index (χ3v) is 2.10. The number of allylic oxidation sites excluding steroid dienone is 1. The van der Waals surface area contributed by atoms with Gasteiger partial charge in [-0.05, 0) is 12.1 Å². The molecule has 0 saturated carbocycles. The van der Waals surface area contributed by atoms with E-state index in [1.165, 1.54) is 12.1 Å². The fraction of sp³-hybridized carbons (Fsp3) is 0. The first-order valence-electron chi connectivity index (χ1n) is 4.28. The first-order valence-corrected chi connectivity index (χ1v) is 4.65. The van der Waals surface area contributed by atoms with Crippen molar-refractivity contribution in [1.82, 2.24) is 0 Å². The van der Waals surface area contributed by atoms with E-state index in [4.69, 9.17) is 28.5 Å². The summed E-state index contributed by atoms with van der Waals surface area (Å²) in [4.78, 5) is 0. The van der Waals surface area contributed by atoms with Crippen molar-refractivity contribution >= 4 is 23.5 Å². The van der Waals surface area contributed by atoms with Crippen molar-refractivity contribution in [1.29, 1.82) is 5.41 Å². The molecule has 0 aromatic heterocycles. The van der Waals surface area contributed by atoms with Crippen molar-refractivity contribution in [2.24, 2.45) is 5.73 Å². The number of rotatable bonds is 1. The smallest absolute Gasteiger partial charge is 0.163 e. The van der Waals surface area contributed by atoms with Gasteiger partial charge in [-0.1, -0.05) is 23.4 Å². The summed E-state index contributed by atoms with van der Waals surface area (Å²) in [5, 5.41) is 7.12. The SMILES string of the molecule is N=CC(C#Cc1c(Cl)ccc(N)c1F)=CN. The maximum absolute atomic E-state index is 13.5. The van der Waals surface area contributed by atoms with Gasteiger partial charge in [-0.25, -0.2) is 4.39 Å². The molecule has 16 heavy (non-hydrogen) atoms. The molecular weight excluding hydrogens is 229 g/mol. The first-order chi connectivity index (χ1) is 7.60. The summed E-state index contributed by atoms with van der Waals surface area (Å²) in [5.74, 6) is 4.33. The molecule has 5 N–H and O–H groups in total. The summed E-state index contributed by atoms with van der Waals surface area (Å²) in [5.41, 5.74) is 10.8. The molecule has 0 amide bonds. The van der Waals surface area contributed by atoms with Crippen LogP contribution >= 0.6 is 11.6 Å². The number of anilines is 1. The van der Waals surface area contributed by atoms with Gasteiger partial charge in [0.1, 0.15) is 0 Å². The van der Waals surface area contributed by atoms with Gasteiger partial charge in [0, 0.05) is 12.4 Å². The van der Waals surface area contributed by atoms with Crippen molar-refractivity contribution in [2.75, 3.05) is 5.73 Å². The number of halogens is 2. The Morgan fingerprint density at radius 3 is 2.75 bits per heavy atom. The third-order valence-electron chi connectivity index (χ3n) is 1.79. The zero-order chi connectivity index (χ0) is 12.1. The molecule has 0 fully saturated rings. The second kappa shape index (κ2) is 5.19. The van der Waals surface area contributed by atoms with Crippen LogP contribution < -0.4 is 11.5 Å². The van der Waals surface area contributed by atoms with Gasteiger partial charge in [-0.3, -0.25) is 0 Å². The zero-order valence-corrected chi connectivity index (χ0v) is 8.98. The van der Waals surface area contributed by atoms with Gasteiger partial charge in [-0.15, -0.1) is 0 Å². The minimum atomic E-state index is -0.665. The number of nitrogens with one attached hydrogen (secondary N) is 1. The van der Waals surface area contributed by atoms with Crippen LogP contribution in [-0.2, 0) is 0 Å². The largest absolute Gasteiger partial charge is 0.404 e. The quantitative estimate of drug-likeness (QED) is 0.396. The number of benzene rings is 1. The lowest BCUT2D eigenvalue weighted by Gasteiger charge is -2.00. The molecule has 0 atom stereocenters. The van der Waals surface area contributed by atoms with Crippen LogP contribution in [-0.4, -0.2) is 6.21 Å². The lowest BCUT2D eigenvalue weighted by atomic mass is 10.1. The lowest BCUT2D eigenvalue weighted by Crippen LogP contribution is -1.95. The molecule has 0 radical (unpaired) electrons. The Labute approximate surface area is 97.4 Å². The van der Waals surface area contributed by atoms with Gasteiger partial charge in [0.25, 0.3) is 0 Å². The summed E-state index contributed by atoms with van der Waals surface area (Å²) in [6, 6.07) is 2.82. The van der Waals surface area contributed by atoms with Gasteiger partial charge in [0.2, 0.25) is 0 Å². The highest BCUT2D eigenvalue weighted by Gasteiger charge is 2.07. The predicted octanol–water partition coefficient (Wildman–Crippen LogP) is 1.90. The molecule has 82 valence electrons. The maximum Gasteiger partial charge on any atom is 0.163 e. The fourth-order valence-electron chi connectivity index (χ4n) is 0.944. The average Bonchev–Trinajstić information content (AvgIpc) is 2.29. The average molecular weight is 238 g/mol. The second-order valence-electron chi connectivity index (χ2n) is 2.84. The van der Waals surface area contributed by atoms with Gasteiger partial charge in [0.05, 0.1) is 21.8 Å². The van der Waals surface area contributed by atoms with Crippen molar-refractivity contribution < 1.29 is 4.39 Å². The first kappa shape index (κ1) is 12.1. The molecule has 1 rings (SSSR count). The van der Waals surface area contributed by atoms with Crippen LogP contribution in [0.1, 0.15) is 5.56 Å². The predicted molar refractivity (Wildman–Crippen MR) is 63.8 cm³/mol. The van der Waals surface area contributed by atoms with Crippen molar-refractivity contribution in [3.8, 4) is 11.8 Å². The van der Waals surface area contributed by atoms with Crippen LogP contribution in [0.2, 0.25) is 5.02 Å². The van der Waals surface area contributed by atoms with Crippen LogP contribution in [0.25, 0.3) is 0 Å². The second-order valence-corrected chi connectivity index (χ2v) is 3.25. The molecular formula is C11H9ClFN3. The highest BCUT2D eigenvalue weighted by molar-refractivity contribution is 6.31. The van der Waals surface area contributed by atoms with Crippen LogP contribution in [0, 0.1) is 23.1 Å². The summed E-state index contributed by atoms with van der Waals surface area (Å²) in [7, 11) is 0. The minimum absolute atomic E-state index is 0.00265. The Balaban J connectivity index is 3.25. The van der Waals surface area contributed by atoms with E-state index in [0.29, 0.717) is 0 Å². The Morgan fingerprint density at radius 1 is 1.50 bits per heavy atom. The molecule has 0 aliphatic heterocycles. The Kier molecular flexibility index (Phi) is 3.92. The van der Waals surface area contributed by atoms with E-state index in [1.54, 1.807) is 0 Å². The molecule has 0 saturated heterocycles. The maximum atomic E-state index is 13.5. The Bertz CT molecular complexity index is 512. The minimum Gasteiger partial charge on any atom is -0.404 e. The van der Waals surface area contributed by atoms with Crippen molar-refractivity contribution in [3.63, 3.8) is 0 Å². The Morgan fingerprint density at radius 2 is 2.19 bits per heavy atom. The summed E-state index contributed by atoms with van der Waals surface area (Å²) >= 11 is 5.77. The number of nitrogen functional groups attached to an aromatic ring is 1. The van der Waals surface area contributed by atoms with Gasteiger partial charge < -0.3 is 16.9 Å². The number of hydrogen-bond acceptors (Lipinski definition) is 3. The molecule has 0 aliphatic rings. The van der Waals surface area contributed by atoms with Gasteiger partial charge in [-0.2, -0.15) is 0 Å². The van der Waals surface area contributed by atoms with Crippen LogP contribution in [0.4, 0.5) is 10.1 Å².